The number of anilines is 1. The van der Waals surface area contributed by atoms with Crippen LogP contribution in [0.4, 0.5) is 10.5 Å². The Morgan fingerprint density at radius 2 is 2.14 bits per heavy atom. The van der Waals surface area contributed by atoms with Gasteiger partial charge in [0, 0.05) is 12.2 Å². The molecule has 0 aromatic heterocycles. The van der Waals surface area contributed by atoms with E-state index >= 15 is 0 Å². The number of rotatable bonds is 1. The molecular formula is C8H9BN2O3. The number of carbonyl (C=O) groups is 1. The van der Waals surface area contributed by atoms with Crippen molar-refractivity contribution in [2.24, 2.45) is 0 Å². The zero-order valence-corrected chi connectivity index (χ0v) is 7.32. The summed E-state index contributed by atoms with van der Waals surface area (Å²) in [5.41, 5.74) is 1.92. The third kappa shape index (κ3) is 1.57. The summed E-state index contributed by atoms with van der Waals surface area (Å²) in [5, 5.41) is 23.0. The van der Waals surface area contributed by atoms with E-state index in [2.05, 4.69) is 10.6 Å². The van der Waals surface area contributed by atoms with Crippen LogP contribution in [0.15, 0.2) is 18.2 Å². The van der Waals surface area contributed by atoms with E-state index in [-0.39, 0.29) is 6.03 Å². The van der Waals surface area contributed by atoms with Crippen molar-refractivity contribution in [1.82, 2.24) is 5.32 Å². The van der Waals surface area contributed by atoms with Gasteiger partial charge < -0.3 is 20.7 Å². The Morgan fingerprint density at radius 1 is 1.36 bits per heavy atom. The van der Waals surface area contributed by atoms with Crippen LogP contribution in [0.1, 0.15) is 5.56 Å². The Bertz CT molecular complexity index is 381. The molecular weight excluding hydrogens is 183 g/mol. The van der Waals surface area contributed by atoms with Crippen molar-refractivity contribution in [3.8, 4) is 0 Å². The summed E-state index contributed by atoms with van der Waals surface area (Å²) >= 11 is 0. The highest BCUT2D eigenvalue weighted by Crippen LogP contribution is 2.16. The first-order valence-electron chi connectivity index (χ1n) is 4.20. The molecule has 1 heterocycles. The van der Waals surface area contributed by atoms with Gasteiger partial charge in [-0.25, -0.2) is 4.79 Å². The molecule has 4 N–H and O–H groups in total. The molecule has 0 fully saturated rings. The second kappa shape index (κ2) is 3.32. The Labute approximate surface area is 80.9 Å². The summed E-state index contributed by atoms with van der Waals surface area (Å²) in [6.45, 7) is 0.461. The summed E-state index contributed by atoms with van der Waals surface area (Å²) in [7, 11) is -1.51. The van der Waals surface area contributed by atoms with E-state index in [1.807, 2.05) is 0 Å². The lowest BCUT2D eigenvalue weighted by Gasteiger charge is -2.18. The number of hydrogen-bond donors (Lipinski definition) is 4. The van der Waals surface area contributed by atoms with E-state index in [9.17, 15) is 4.79 Å². The first kappa shape index (κ1) is 9.05. The Kier molecular flexibility index (Phi) is 2.15. The molecule has 5 nitrogen and oxygen atoms in total. The molecule has 2 amide bonds. The molecule has 0 aliphatic carbocycles. The summed E-state index contributed by atoms with van der Waals surface area (Å²) in [6, 6.07) is 4.64. The van der Waals surface area contributed by atoms with Crippen molar-refractivity contribution in [2.45, 2.75) is 6.54 Å². The summed E-state index contributed by atoms with van der Waals surface area (Å²) in [5.74, 6) is 0. The van der Waals surface area contributed by atoms with Gasteiger partial charge in [0.2, 0.25) is 0 Å². The van der Waals surface area contributed by atoms with Crippen molar-refractivity contribution < 1.29 is 14.8 Å². The summed E-state index contributed by atoms with van der Waals surface area (Å²) in [4.78, 5) is 11.0. The van der Waals surface area contributed by atoms with E-state index in [0.717, 1.165) is 5.56 Å². The highest BCUT2D eigenvalue weighted by Gasteiger charge is 2.17. The van der Waals surface area contributed by atoms with E-state index in [0.29, 0.717) is 17.7 Å². The van der Waals surface area contributed by atoms with Crippen LogP contribution in [0.3, 0.4) is 0 Å². The number of amides is 2. The van der Waals surface area contributed by atoms with Crippen molar-refractivity contribution >= 4 is 24.3 Å². The van der Waals surface area contributed by atoms with E-state index in [1.165, 1.54) is 0 Å². The molecule has 1 aliphatic rings. The largest absolute Gasteiger partial charge is 0.488 e. The van der Waals surface area contributed by atoms with Crippen LogP contribution in [0.2, 0.25) is 0 Å². The quantitative estimate of drug-likeness (QED) is 0.431. The lowest BCUT2D eigenvalue weighted by atomic mass is 9.79. The first-order valence-corrected chi connectivity index (χ1v) is 4.20. The number of hydrogen-bond acceptors (Lipinski definition) is 3. The molecule has 1 aliphatic heterocycles. The van der Waals surface area contributed by atoms with Gasteiger partial charge in [-0.3, -0.25) is 0 Å². The third-order valence-electron chi connectivity index (χ3n) is 2.12. The van der Waals surface area contributed by atoms with Crippen LogP contribution in [-0.2, 0) is 6.54 Å². The Hall–Kier alpha value is -1.53. The number of fused-ring (bicyclic) bond motifs is 1. The SMILES string of the molecule is O=C1NCc2ccc(B(O)O)cc2N1. The molecule has 1 aromatic carbocycles. The lowest BCUT2D eigenvalue weighted by molar-refractivity contribution is 0.251. The van der Waals surface area contributed by atoms with Crippen LogP contribution in [0.25, 0.3) is 0 Å². The van der Waals surface area contributed by atoms with E-state index < -0.39 is 7.12 Å². The van der Waals surface area contributed by atoms with Crippen molar-refractivity contribution in [3.05, 3.63) is 23.8 Å². The molecule has 0 saturated heterocycles. The second-order valence-corrected chi connectivity index (χ2v) is 3.10. The van der Waals surface area contributed by atoms with Gasteiger partial charge >= 0.3 is 13.1 Å². The van der Waals surface area contributed by atoms with Gasteiger partial charge in [0.15, 0.2) is 0 Å². The maximum Gasteiger partial charge on any atom is 0.488 e. The van der Waals surface area contributed by atoms with Crippen molar-refractivity contribution in [1.29, 1.82) is 0 Å². The fraction of sp³-hybridized carbons (Fsp3) is 0.125. The Balaban J connectivity index is 2.37. The zero-order chi connectivity index (χ0) is 10.1. The van der Waals surface area contributed by atoms with Crippen LogP contribution in [0.5, 0.6) is 0 Å². The van der Waals surface area contributed by atoms with Gasteiger partial charge in [0.25, 0.3) is 0 Å². The molecule has 2 rings (SSSR count). The zero-order valence-electron chi connectivity index (χ0n) is 7.32. The predicted octanol–water partition coefficient (Wildman–Crippen LogP) is -0.999. The fourth-order valence-corrected chi connectivity index (χ4v) is 1.37. The molecule has 0 bridgehead atoms. The number of benzene rings is 1. The van der Waals surface area contributed by atoms with Crippen molar-refractivity contribution in [3.63, 3.8) is 0 Å². The van der Waals surface area contributed by atoms with Gasteiger partial charge in [-0.15, -0.1) is 0 Å². The van der Waals surface area contributed by atoms with Gasteiger partial charge in [-0.1, -0.05) is 12.1 Å². The van der Waals surface area contributed by atoms with Crippen molar-refractivity contribution in [2.75, 3.05) is 5.32 Å². The second-order valence-electron chi connectivity index (χ2n) is 3.10. The van der Waals surface area contributed by atoms with Crippen LogP contribution in [-0.4, -0.2) is 23.2 Å². The van der Waals surface area contributed by atoms with Gasteiger partial charge in [-0.2, -0.15) is 0 Å². The normalized spacial score (nSPS) is 14.0. The predicted molar refractivity (Wildman–Crippen MR) is 52.1 cm³/mol. The standard InChI is InChI=1S/C8H9BN2O3/c12-8-10-4-5-1-2-6(9(13)14)3-7(5)11-8/h1-3,13-14H,4H2,(H2,10,11,12). The average molecular weight is 192 g/mol. The fourth-order valence-electron chi connectivity index (χ4n) is 1.37. The van der Waals surface area contributed by atoms with E-state index in [4.69, 9.17) is 10.0 Å². The molecule has 0 saturated carbocycles. The molecule has 14 heavy (non-hydrogen) atoms. The molecule has 0 spiro atoms. The van der Waals surface area contributed by atoms with E-state index in [1.54, 1.807) is 18.2 Å². The third-order valence-corrected chi connectivity index (χ3v) is 2.12. The average Bonchev–Trinajstić information content (AvgIpc) is 2.16. The number of nitrogens with one attached hydrogen (secondary N) is 2. The minimum atomic E-state index is -1.51. The van der Waals surface area contributed by atoms with Crippen LogP contribution >= 0.6 is 0 Å². The molecule has 1 aromatic rings. The first-order chi connectivity index (χ1) is 6.66. The van der Waals surface area contributed by atoms with Gasteiger partial charge in [0.1, 0.15) is 0 Å². The number of carbonyl (C=O) groups excluding carboxylic acids is 1. The molecule has 0 unspecified atom stereocenters. The topological polar surface area (TPSA) is 81.6 Å². The minimum Gasteiger partial charge on any atom is -0.423 e. The summed E-state index contributed by atoms with van der Waals surface area (Å²) in [6.07, 6.45) is 0. The van der Waals surface area contributed by atoms with Gasteiger partial charge in [0.05, 0.1) is 0 Å². The minimum absolute atomic E-state index is 0.276. The molecule has 72 valence electrons. The highest BCUT2D eigenvalue weighted by molar-refractivity contribution is 6.58. The van der Waals surface area contributed by atoms with Gasteiger partial charge in [-0.05, 0) is 17.1 Å². The maximum atomic E-state index is 11.0. The lowest BCUT2D eigenvalue weighted by Crippen LogP contribution is -2.36. The molecule has 0 radical (unpaired) electrons. The summed E-state index contributed by atoms with van der Waals surface area (Å²) < 4.78 is 0. The monoisotopic (exact) mass is 192 g/mol. The molecule has 0 atom stereocenters. The van der Waals surface area contributed by atoms with Crippen LogP contribution < -0.4 is 16.1 Å². The molecule has 6 heteroatoms. The maximum absolute atomic E-state index is 11.0. The smallest absolute Gasteiger partial charge is 0.423 e. The van der Waals surface area contributed by atoms with Crippen LogP contribution in [0, 0.1) is 0 Å². The Morgan fingerprint density at radius 3 is 2.86 bits per heavy atom. The highest BCUT2D eigenvalue weighted by atomic mass is 16.4. The number of urea groups is 1.